The summed E-state index contributed by atoms with van der Waals surface area (Å²) < 4.78 is 21.6. The number of hydrogen-bond acceptors (Lipinski definition) is 4. The third kappa shape index (κ3) is 5.52. The first-order chi connectivity index (χ1) is 17.1. The summed E-state index contributed by atoms with van der Waals surface area (Å²) in [4.78, 5) is 19.8. The second-order valence-electron chi connectivity index (χ2n) is 9.32. The molecule has 0 radical (unpaired) electrons. The van der Waals surface area contributed by atoms with E-state index in [-0.39, 0.29) is 23.8 Å². The molecule has 0 aliphatic carbocycles. The highest BCUT2D eigenvalue weighted by atomic mass is 35.5. The number of carbonyl (C=O) groups excluding carboxylic acids is 1. The van der Waals surface area contributed by atoms with Crippen LogP contribution in [0.4, 0.5) is 9.18 Å². The van der Waals surface area contributed by atoms with Gasteiger partial charge in [0.25, 0.3) is 0 Å². The molecule has 0 spiro atoms. The fourth-order valence-electron chi connectivity index (χ4n) is 5.07. The van der Waals surface area contributed by atoms with Crippen LogP contribution >= 0.6 is 11.6 Å². The summed E-state index contributed by atoms with van der Waals surface area (Å²) >= 11 is 6.05. The van der Waals surface area contributed by atoms with Gasteiger partial charge in [0.2, 0.25) is 0 Å². The molecular weight excluding hydrogens is 467 g/mol. The molecule has 2 aliphatic heterocycles. The van der Waals surface area contributed by atoms with Crippen LogP contribution in [-0.2, 0) is 17.9 Å². The van der Waals surface area contributed by atoms with E-state index in [1.54, 1.807) is 12.1 Å². The van der Waals surface area contributed by atoms with Crippen molar-refractivity contribution in [3.8, 4) is 11.3 Å². The zero-order chi connectivity index (χ0) is 24.2. The lowest BCUT2D eigenvalue weighted by Gasteiger charge is -2.27. The normalized spacial score (nSPS) is 18.7. The van der Waals surface area contributed by atoms with Crippen molar-refractivity contribution in [3.63, 3.8) is 0 Å². The summed E-state index contributed by atoms with van der Waals surface area (Å²) in [5.41, 5.74) is 2.54. The van der Waals surface area contributed by atoms with Crippen molar-refractivity contribution in [3.05, 3.63) is 77.0 Å². The highest BCUT2D eigenvalue weighted by molar-refractivity contribution is 6.31. The minimum Gasteiger partial charge on any atom is -0.445 e. The van der Waals surface area contributed by atoms with Crippen molar-refractivity contribution in [2.75, 3.05) is 19.6 Å². The fourth-order valence-corrected chi connectivity index (χ4v) is 5.25. The van der Waals surface area contributed by atoms with Gasteiger partial charge in [0.1, 0.15) is 18.2 Å². The lowest BCUT2D eigenvalue weighted by molar-refractivity contribution is 0.0893. The molecule has 1 aromatic heterocycles. The number of likely N-dealkylation sites (tertiary alicyclic amines) is 1. The Kier molecular flexibility index (Phi) is 7.35. The number of amides is 1. The average molecular weight is 497 g/mol. The highest BCUT2D eigenvalue weighted by Crippen LogP contribution is 2.31. The molecule has 0 unspecified atom stereocenters. The van der Waals surface area contributed by atoms with E-state index in [1.165, 1.54) is 6.07 Å². The third-order valence-electron chi connectivity index (χ3n) is 6.95. The van der Waals surface area contributed by atoms with Gasteiger partial charge in [-0.2, -0.15) is 0 Å². The van der Waals surface area contributed by atoms with Crippen molar-refractivity contribution in [1.82, 2.24) is 19.8 Å². The van der Waals surface area contributed by atoms with E-state index in [1.807, 2.05) is 41.4 Å². The quantitative estimate of drug-likeness (QED) is 0.482. The fraction of sp³-hybridized carbons (Fsp3) is 0.407. The number of nitrogens with zero attached hydrogens (tertiary/aromatic N) is 3. The molecule has 2 fully saturated rings. The highest BCUT2D eigenvalue weighted by Gasteiger charge is 2.32. The van der Waals surface area contributed by atoms with Crippen LogP contribution in [0.3, 0.4) is 0 Å². The summed E-state index contributed by atoms with van der Waals surface area (Å²) in [5.74, 6) is 0.913. The summed E-state index contributed by atoms with van der Waals surface area (Å²) in [5, 5.41) is 3.50. The monoisotopic (exact) mass is 496 g/mol. The van der Waals surface area contributed by atoms with E-state index in [0.717, 1.165) is 61.4 Å². The second kappa shape index (κ2) is 10.8. The zero-order valence-corrected chi connectivity index (χ0v) is 20.4. The van der Waals surface area contributed by atoms with Gasteiger partial charge in [-0.1, -0.05) is 41.9 Å². The average Bonchev–Trinajstić information content (AvgIpc) is 3.53. The number of carbonyl (C=O) groups is 1. The number of benzene rings is 2. The van der Waals surface area contributed by atoms with Crippen LogP contribution in [0.1, 0.15) is 43.0 Å². The first-order valence-electron chi connectivity index (χ1n) is 12.3. The van der Waals surface area contributed by atoms with Gasteiger partial charge < -0.3 is 19.5 Å². The number of nitrogens with one attached hydrogen (secondary N) is 1. The van der Waals surface area contributed by atoms with E-state index >= 15 is 0 Å². The van der Waals surface area contributed by atoms with Crippen LogP contribution in [0.5, 0.6) is 0 Å². The minimum atomic E-state index is -0.441. The smallest absolute Gasteiger partial charge is 0.410 e. The molecule has 6 nitrogen and oxygen atoms in total. The van der Waals surface area contributed by atoms with Crippen molar-refractivity contribution < 1.29 is 13.9 Å². The maximum atomic E-state index is 13.7. The van der Waals surface area contributed by atoms with Gasteiger partial charge in [-0.15, -0.1) is 0 Å². The van der Waals surface area contributed by atoms with Gasteiger partial charge in [-0.3, -0.25) is 0 Å². The molecule has 0 bridgehead atoms. The molecule has 3 heterocycles. The number of imidazole rings is 1. The SMILES string of the molecule is O=C(OCc1ccccc1)N1CCC[C@H]1Cn1cc(-c2ccc(F)c(Cl)c2)nc1C1CCNCC1. The van der Waals surface area contributed by atoms with Crippen LogP contribution in [0, 0.1) is 5.82 Å². The molecule has 8 heteroatoms. The van der Waals surface area contributed by atoms with E-state index in [9.17, 15) is 9.18 Å². The van der Waals surface area contributed by atoms with Gasteiger partial charge in [0, 0.05) is 30.8 Å². The lowest BCUT2D eigenvalue weighted by Crippen LogP contribution is -2.39. The van der Waals surface area contributed by atoms with E-state index in [2.05, 4.69) is 9.88 Å². The number of rotatable bonds is 6. The molecule has 0 saturated carbocycles. The Labute approximate surface area is 210 Å². The topological polar surface area (TPSA) is 59.4 Å². The molecule has 1 N–H and O–H groups in total. The number of hydrogen-bond donors (Lipinski definition) is 1. The Morgan fingerprint density at radius 3 is 2.71 bits per heavy atom. The molecule has 3 aromatic rings. The van der Waals surface area contributed by atoms with E-state index in [0.29, 0.717) is 19.0 Å². The van der Waals surface area contributed by atoms with Crippen LogP contribution < -0.4 is 5.32 Å². The molecule has 2 aliphatic rings. The molecule has 2 aromatic carbocycles. The first kappa shape index (κ1) is 23.8. The predicted molar refractivity (Wildman–Crippen MR) is 134 cm³/mol. The number of piperidine rings is 1. The molecule has 1 amide bonds. The van der Waals surface area contributed by atoms with E-state index < -0.39 is 5.82 Å². The second-order valence-corrected chi connectivity index (χ2v) is 9.73. The Hall–Kier alpha value is -2.90. The number of ether oxygens (including phenoxy) is 1. The van der Waals surface area contributed by atoms with Crippen LogP contribution in [0.25, 0.3) is 11.3 Å². The van der Waals surface area contributed by atoms with Crippen molar-refractivity contribution in [2.24, 2.45) is 0 Å². The minimum absolute atomic E-state index is 0.0394. The van der Waals surface area contributed by atoms with Gasteiger partial charge in [-0.05, 0) is 62.5 Å². The maximum Gasteiger partial charge on any atom is 0.410 e. The maximum absolute atomic E-state index is 13.7. The van der Waals surface area contributed by atoms with Gasteiger partial charge in [0.15, 0.2) is 0 Å². The first-order valence-corrected chi connectivity index (χ1v) is 12.7. The van der Waals surface area contributed by atoms with Crippen LogP contribution in [0.15, 0.2) is 54.7 Å². The van der Waals surface area contributed by atoms with Gasteiger partial charge in [-0.25, -0.2) is 14.2 Å². The van der Waals surface area contributed by atoms with Crippen molar-refractivity contribution in [2.45, 2.75) is 50.8 Å². The molecule has 35 heavy (non-hydrogen) atoms. The Balaban J connectivity index is 1.36. The summed E-state index contributed by atoms with van der Waals surface area (Å²) in [6.45, 7) is 3.52. The summed E-state index contributed by atoms with van der Waals surface area (Å²) in [6.07, 6.45) is 5.63. The number of halogens is 2. The molecular formula is C27H30ClFN4O2. The molecule has 5 rings (SSSR count). The molecule has 1 atom stereocenters. The van der Waals surface area contributed by atoms with Crippen molar-refractivity contribution in [1.29, 1.82) is 0 Å². The third-order valence-corrected chi connectivity index (χ3v) is 7.24. The number of aromatic nitrogens is 2. The van der Waals surface area contributed by atoms with Gasteiger partial charge >= 0.3 is 6.09 Å². The van der Waals surface area contributed by atoms with Gasteiger partial charge in [0.05, 0.1) is 16.8 Å². The van der Waals surface area contributed by atoms with Crippen molar-refractivity contribution >= 4 is 17.7 Å². The summed E-state index contributed by atoms with van der Waals surface area (Å²) in [7, 11) is 0. The standard InChI is InChI=1S/C27H30ClFN4O2/c28-23-15-21(8-9-24(23)29)25-17-32(26(31-25)20-10-12-30-13-11-20)16-22-7-4-14-33(22)27(34)35-18-19-5-2-1-3-6-19/h1-3,5-6,8-9,15,17,20,22,30H,4,7,10-14,16,18H2/t22-/m0/s1. The Morgan fingerprint density at radius 2 is 1.94 bits per heavy atom. The summed E-state index contributed by atoms with van der Waals surface area (Å²) in [6, 6.07) is 14.5. The largest absolute Gasteiger partial charge is 0.445 e. The Bertz CT molecular complexity index is 1160. The molecule has 2 saturated heterocycles. The lowest BCUT2D eigenvalue weighted by atomic mass is 9.97. The zero-order valence-electron chi connectivity index (χ0n) is 19.6. The van der Waals surface area contributed by atoms with Crippen LogP contribution in [-0.4, -0.2) is 46.2 Å². The predicted octanol–water partition coefficient (Wildman–Crippen LogP) is 5.61. The Morgan fingerprint density at radius 1 is 1.14 bits per heavy atom. The van der Waals surface area contributed by atoms with E-state index in [4.69, 9.17) is 21.3 Å². The van der Waals surface area contributed by atoms with Crippen LogP contribution in [0.2, 0.25) is 5.02 Å². The molecule has 184 valence electrons.